The van der Waals surface area contributed by atoms with Crippen LogP contribution in [0.4, 0.5) is 15.3 Å². The molecule has 3 aromatic rings. The minimum atomic E-state index is -0.865. The predicted molar refractivity (Wildman–Crippen MR) is 145 cm³/mol. The average molecular weight is 516 g/mol. The molecule has 3 N–H and O–H groups in total. The lowest BCUT2D eigenvalue weighted by molar-refractivity contribution is 0.0336. The molecule has 3 heterocycles. The number of urea groups is 1. The van der Waals surface area contributed by atoms with Crippen LogP contribution in [0, 0.1) is 5.92 Å². The number of rotatable bonds is 6. The first kappa shape index (κ1) is 24.6. The van der Waals surface area contributed by atoms with Crippen molar-refractivity contribution in [2.75, 3.05) is 38.2 Å². The Labute approximate surface area is 221 Å². The first-order valence-electron chi connectivity index (χ1n) is 13.4. The number of benzene rings is 2. The van der Waals surface area contributed by atoms with Crippen LogP contribution in [0.15, 0.2) is 54.7 Å². The number of hydrogen-bond donors (Lipinski definition) is 3. The molecule has 0 spiro atoms. The molecule has 3 unspecified atom stereocenters. The van der Waals surface area contributed by atoms with Gasteiger partial charge in [-0.3, -0.25) is 9.88 Å². The summed E-state index contributed by atoms with van der Waals surface area (Å²) < 4.78 is 5.43. The molecule has 3 fully saturated rings. The summed E-state index contributed by atoms with van der Waals surface area (Å²) in [5.74, 6) is 0.192. The maximum Gasteiger partial charge on any atom is 0.407 e. The van der Waals surface area contributed by atoms with Gasteiger partial charge in [0.2, 0.25) is 0 Å². The Morgan fingerprint density at radius 2 is 1.84 bits per heavy atom. The van der Waals surface area contributed by atoms with Gasteiger partial charge in [-0.25, -0.2) is 9.59 Å². The molecule has 1 aliphatic carbocycles. The fourth-order valence-corrected chi connectivity index (χ4v) is 5.93. The first-order chi connectivity index (χ1) is 18.6. The average Bonchev–Trinajstić information content (AvgIpc) is 3.50. The van der Waals surface area contributed by atoms with E-state index in [-0.39, 0.29) is 24.0 Å². The van der Waals surface area contributed by atoms with Gasteiger partial charge in [0.1, 0.15) is 0 Å². The van der Waals surface area contributed by atoms with Gasteiger partial charge in [-0.2, -0.15) is 0 Å². The second-order valence-electron chi connectivity index (χ2n) is 10.4. The van der Waals surface area contributed by atoms with Crippen LogP contribution >= 0.6 is 0 Å². The summed E-state index contributed by atoms with van der Waals surface area (Å²) in [6.45, 7) is 4.80. The highest BCUT2D eigenvalue weighted by molar-refractivity contribution is 6.07. The van der Waals surface area contributed by atoms with Crippen molar-refractivity contribution >= 4 is 28.6 Å². The number of aromatic nitrogens is 1. The highest BCUT2D eigenvalue weighted by atomic mass is 16.5. The molecule has 38 heavy (non-hydrogen) atoms. The zero-order valence-corrected chi connectivity index (χ0v) is 21.3. The van der Waals surface area contributed by atoms with Crippen LogP contribution in [-0.2, 0) is 11.3 Å². The Balaban J connectivity index is 1.13. The topological polar surface area (TPSA) is 107 Å². The SMILES string of the molecule is O=C(Nc1ccc(-c2ccc(CN3CCOCC3)nc2)c2ccccc12)NC1CC1C1CCCN1C(=O)O. The Bertz CT molecular complexity index is 1320. The van der Waals surface area contributed by atoms with E-state index in [4.69, 9.17) is 9.72 Å². The van der Waals surface area contributed by atoms with Gasteiger partial charge >= 0.3 is 12.1 Å². The van der Waals surface area contributed by atoms with E-state index in [2.05, 4.69) is 33.7 Å². The van der Waals surface area contributed by atoms with Crippen molar-refractivity contribution in [2.24, 2.45) is 5.92 Å². The summed E-state index contributed by atoms with van der Waals surface area (Å²) in [4.78, 5) is 32.9. The van der Waals surface area contributed by atoms with Crippen LogP contribution in [0.5, 0.6) is 0 Å². The zero-order chi connectivity index (χ0) is 26.1. The quantitative estimate of drug-likeness (QED) is 0.450. The summed E-state index contributed by atoms with van der Waals surface area (Å²) in [6, 6.07) is 16.0. The van der Waals surface area contributed by atoms with Gasteiger partial charge in [0, 0.05) is 61.3 Å². The van der Waals surface area contributed by atoms with Gasteiger partial charge in [-0.05, 0) is 42.3 Å². The maximum atomic E-state index is 12.9. The van der Waals surface area contributed by atoms with E-state index in [9.17, 15) is 14.7 Å². The Morgan fingerprint density at radius 3 is 2.61 bits per heavy atom. The number of pyridine rings is 1. The molecule has 198 valence electrons. The minimum absolute atomic E-state index is 0.00628. The Kier molecular flexibility index (Phi) is 6.86. The second kappa shape index (κ2) is 10.6. The number of nitrogens with one attached hydrogen (secondary N) is 2. The molecular formula is C29H33N5O4. The number of carbonyl (C=O) groups excluding carboxylic acids is 1. The standard InChI is InChI=1S/C29H33N5O4/c35-28(32-26-16-24(26)27-6-3-11-34(27)29(36)37)31-25-10-9-21(22-4-1-2-5-23(22)25)19-7-8-20(30-17-19)18-33-12-14-38-15-13-33/h1-2,4-5,7-10,17,24,26-27H,3,6,11-16,18H2,(H,36,37)(H2,31,32,35). The van der Waals surface area contributed by atoms with Crippen LogP contribution < -0.4 is 10.6 Å². The predicted octanol–water partition coefficient (Wildman–Crippen LogP) is 4.39. The van der Waals surface area contributed by atoms with Gasteiger partial charge in [0.15, 0.2) is 0 Å². The molecule has 0 bridgehead atoms. The monoisotopic (exact) mass is 515 g/mol. The van der Waals surface area contributed by atoms with E-state index in [1.165, 1.54) is 4.90 Å². The highest BCUT2D eigenvalue weighted by Gasteiger charge is 2.48. The molecule has 6 rings (SSSR count). The summed E-state index contributed by atoms with van der Waals surface area (Å²) in [7, 11) is 0. The molecule has 9 nitrogen and oxygen atoms in total. The van der Waals surface area contributed by atoms with Crippen molar-refractivity contribution in [3.8, 4) is 11.1 Å². The summed E-state index contributed by atoms with van der Waals surface area (Å²) in [6.07, 6.45) is 3.63. The second-order valence-corrected chi connectivity index (χ2v) is 10.4. The molecule has 3 aliphatic rings. The van der Waals surface area contributed by atoms with E-state index in [0.717, 1.165) is 85.4 Å². The third kappa shape index (κ3) is 5.16. The number of carboxylic acid groups (broad SMARTS) is 1. The Morgan fingerprint density at radius 1 is 1.03 bits per heavy atom. The van der Waals surface area contributed by atoms with Crippen molar-refractivity contribution in [3.05, 3.63) is 60.4 Å². The number of amides is 3. The molecule has 9 heteroatoms. The van der Waals surface area contributed by atoms with E-state index in [1.807, 2.05) is 36.5 Å². The zero-order valence-electron chi connectivity index (χ0n) is 21.3. The number of carbonyl (C=O) groups is 2. The van der Waals surface area contributed by atoms with Crippen molar-refractivity contribution < 1.29 is 19.4 Å². The van der Waals surface area contributed by atoms with Crippen molar-refractivity contribution in [1.29, 1.82) is 0 Å². The molecule has 3 amide bonds. The molecular weight excluding hydrogens is 482 g/mol. The van der Waals surface area contributed by atoms with E-state index in [1.54, 1.807) is 0 Å². The highest BCUT2D eigenvalue weighted by Crippen LogP contribution is 2.41. The van der Waals surface area contributed by atoms with Crippen LogP contribution in [0.3, 0.4) is 0 Å². The van der Waals surface area contributed by atoms with Crippen LogP contribution in [0.25, 0.3) is 21.9 Å². The van der Waals surface area contributed by atoms with Gasteiger partial charge in [-0.1, -0.05) is 36.4 Å². The lowest BCUT2D eigenvalue weighted by Gasteiger charge is -2.26. The number of likely N-dealkylation sites (tertiary alicyclic amines) is 1. The fraction of sp³-hybridized carbons (Fsp3) is 0.414. The Hall–Kier alpha value is -3.69. The summed E-state index contributed by atoms with van der Waals surface area (Å²) in [5.41, 5.74) is 3.87. The molecule has 1 saturated carbocycles. The van der Waals surface area contributed by atoms with Gasteiger partial charge < -0.3 is 25.4 Å². The number of nitrogens with zero attached hydrogens (tertiary/aromatic N) is 3. The summed E-state index contributed by atoms with van der Waals surface area (Å²) >= 11 is 0. The van der Waals surface area contributed by atoms with Gasteiger partial charge in [-0.15, -0.1) is 0 Å². The number of morpholine rings is 1. The third-order valence-corrected chi connectivity index (χ3v) is 7.99. The van der Waals surface area contributed by atoms with Crippen LogP contribution in [0.1, 0.15) is 25.0 Å². The van der Waals surface area contributed by atoms with E-state index in [0.29, 0.717) is 6.54 Å². The largest absolute Gasteiger partial charge is 0.465 e. The molecule has 2 aliphatic heterocycles. The lowest BCUT2D eigenvalue weighted by Crippen LogP contribution is -2.39. The van der Waals surface area contributed by atoms with Crippen LogP contribution in [-0.4, -0.2) is 76.9 Å². The summed E-state index contributed by atoms with van der Waals surface area (Å²) in [5, 5.41) is 17.5. The third-order valence-electron chi connectivity index (χ3n) is 7.99. The van der Waals surface area contributed by atoms with Gasteiger partial charge in [0.25, 0.3) is 0 Å². The number of ether oxygens (including phenoxy) is 1. The first-order valence-corrected chi connectivity index (χ1v) is 13.4. The molecule has 3 atom stereocenters. The molecule has 1 aromatic heterocycles. The van der Waals surface area contributed by atoms with Gasteiger partial charge in [0.05, 0.1) is 24.6 Å². The molecule has 2 aromatic carbocycles. The van der Waals surface area contributed by atoms with Crippen molar-refractivity contribution in [3.63, 3.8) is 0 Å². The maximum absolute atomic E-state index is 12.9. The lowest BCUT2D eigenvalue weighted by atomic mass is 9.98. The molecule has 0 radical (unpaired) electrons. The van der Waals surface area contributed by atoms with Crippen molar-refractivity contribution in [2.45, 2.75) is 37.9 Å². The fourth-order valence-electron chi connectivity index (χ4n) is 5.93. The molecule has 2 saturated heterocycles. The number of anilines is 1. The van der Waals surface area contributed by atoms with E-state index >= 15 is 0 Å². The number of hydrogen-bond acceptors (Lipinski definition) is 5. The number of fused-ring (bicyclic) bond motifs is 1. The normalized spacial score (nSPS) is 23.4. The van der Waals surface area contributed by atoms with Crippen LogP contribution in [0.2, 0.25) is 0 Å². The van der Waals surface area contributed by atoms with E-state index < -0.39 is 6.09 Å². The smallest absolute Gasteiger partial charge is 0.407 e. The minimum Gasteiger partial charge on any atom is -0.465 e. The van der Waals surface area contributed by atoms with Crippen molar-refractivity contribution in [1.82, 2.24) is 20.1 Å².